The second-order valence-electron chi connectivity index (χ2n) is 8.12. The Morgan fingerprint density at radius 2 is 1.89 bits per heavy atom. The van der Waals surface area contributed by atoms with E-state index in [1.54, 1.807) is 6.20 Å². The highest BCUT2D eigenvalue weighted by Crippen LogP contribution is 2.47. The van der Waals surface area contributed by atoms with Gasteiger partial charge in [-0.25, -0.2) is 4.98 Å². The van der Waals surface area contributed by atoms with Crippen molar-refractivity contribution in [1.29, 1.82) is 0 Å². The number of hydrogen-bond donors (Lipinski definition) is 0. The van der Waals surface area contributed by atoms with E-state index in [0.717, 1.165) is 19.6 Å². The van der Waals surface area contributed by atoms with Gasteiger partial charge in [-0.2, -0.15) is 0 Å². The van der Waals surface area contributed by atoms with Crippen LogP contribution < -0.4 is 4.74 Å². The van der Waals surface area contributed by atoms with Gasteiger partial charge in [0.1, 0.15) is 5.56 Å². The van der Waals surface area contributed by atoms with Crippen molar-refractivity contribution >= 4 is 5.91 Å². The van der Waals surface area contributed by atoms with Gasteiger partial charge in [-0.15, -0.1) is 0 Å². The molecule has 1 aromatic heterocycles. The third-order valence-corrected chi connectivity index (χ3v) is 6.77. The highest BCUT2D eigenvalue weighted by Gasteiger charge is 2.54. The number of likely N-dealkylation sites (tertiary alicyclic amines) is 1. The number of pyridine rings is 1. The van der Waals surface area contributed by atoms with Gasteiger partial charge in [-0.1, -0.05) is 30.3 Å². The fraction of sp³-hybridized carbons (Fsp3) is 0.478. The first-order valence-corrected chi connectivity index (χ1v) is 10.5. The van der Waals surface area contributed by atoms with Crippen molar-refractivity contribution < 1.29 is 9.53 Å². The van der Waals surface area contributed by atoms with Gasteiger partial charge < -0.3 is 9.64 Å². The zero-order chi connectivity index (χ0) is 19.1. The lowest BCUT2D eigenvalue weighted by molar-refractivity contribution is -0.00352. The summed E-state index contributed by atoms with van der Waals surface area (Å²) in [6, 6.07) is 15.1. The summed E-state index contributed by atoms with van der Waals surface area (Å²) in [7, 11) is 0. The minimum Gasteiger partial charge on any atom is -0.477 e. The largest absolute Gasteiger partial charge is 0.477 e. The third kappa shape index (κ3) is 2.80. The molecule has 0 aliphatic carbocycles. The molecule has 5 nitrogen and oxygen atoms in total. The van der Waals surface area contributed by atoms with Gasteiger partial charge in [0.05, 0.1) is 12.6 Å². The van der Waals surface area contributed by atoms with Crippen molar-refractivity contribution in [3.63, 3.8) is 0 Å². The van der Waals surface area contributed by atoms with E-state index in [4.69, 9.17) is 4.74 Å². The second kappa shape index (κ2) is 7.21. The van der Waals surface area contributed by atoms with Crippen molar-refractivity contribution in [1.82, 2.24) is 14.8 Å². The predicted molar refractivity (Wildman–Crippen MR) is 107 cm³/mol. The molecule has 2 aromatic rings. The molecule has 0 N–H and O–H groups in total. The van der Waals surface area contributed by atoms with Gasteiger partial charge in [0, 0.05) is 24.7 Å². The maximum Gasteiger partial charge on any atom is 0.259 e. The van der Waals surface area contributed by atoms with Crippen molar-refractivity contribution in [2.24, 2.45) is 5.92 Å². The summed E-state index contributed by atoms with van der Waals surface area (Å²) in [4.78, 5) is 22.7. The molecule has 6 rings (SSSR count). The minimum absolute atomic E-state index is 0.0683. The van der Waals surface area contributed by atoms with Crippen molar-refractivity contribution in [2.45, 2.75) is 37.8 Å². The van der Waals surface area contributed by atoms with Crippen molar-refractivity contribution in [3.05, 3.63) is 59.8 Å². The summed E-state index contributed by atoms with van der Waals surface area (Å²) in [5, 5.41) is 0. The molecule has 2 bridgehead atoms. The maximum atomic E-state index is 13.6. The highest BCUT2D eigenvalue weighted by molar-refractivity contribution is 5.97. The van der Waals surface area contributed by atoms with Crippen molar-refractivity contribution in [3.8, 4) is 5.88 Å². The molecule has 4 aliphatic heterocycles. The van der Waals surface area contributed by atoms with Crippen molar-refractivity contribution in [2.75, 3.05) is 26.2 Å². The van der Waals surface area contributed by atoms with E-state index in [1.165, 1.54) is 18.4 Å². The standard InChI is InChI=1S/C23H27N3O2/c1-2-28-22-18(9-6-12-24-22)23(27)26-15-19(16-7-4-3-5-8-16)21-20(26)17-10-13-25(21)14-11-17/h3-9,12,17,19-21H,2,10-11,13-15H2,1H3/t19-,20-,21-/m1/s1. The molecule has 0 spiro atoms. The van der Waals surface area contributed by atoms with E-state index in [1.807, 2.05) is 19.1 Å². The lowest BCUT2D eigenvalue weighted by atomic mass is 9.75. The van der Waals surface area contributed by atoms with Crippen LogP contribution in [0.5, 0.6) is 5.88 Å². The molecule has 4 aliphatic rings. The number of nitrogens with zero attached hydrogens (tertiary/aromatic N) is 3. The second-order valence-corrected chi connectivity index (χ2v) is 8.12. The van der Waals surface area contributed by atoms with Gasteiger partial charge >= 0.3 is 0 Å². The zero-order valence-corrected chi connectivity index (χ0v) is 16.3. The molecular formula is C23H27N3O2. The Morgan fingerprint density at radius 3 is 2.64 bits per heavy atom. The summed E-state index contributed by atoms with van der Waals surface area (Å²) >= 11 is 0. The number of ether oxygens (including phenoxy) is 1. The SMILES string of the molecule is CCOc1ncccc1C(=O)N1C[C@H](c2ccccc2)[C@@H]2[C@H]1C1CCN2CC1. The van der Waals surface area contributed by atoms with Crippen LogP contribution in [0.2, 0.25) is 0 Å². The molecule has 28 heavy (non-hydrogen) atoms. The average molecular weight is 377 g/mol. The van der Waals surface area contributed by atoms with Gasteiger partial charge in [-0.05, 0) is 56.5 Å². The van der Waals surface area contributed by atoms with Crippen LogP contribution in [0.4, 0.5) is 0 Å². The number of carbonyl (C=O) groups excluding carboxylic acids is 1. The number of carbonyl (C=O) groups is 1. The molecule has 3 atom stereocenters. The molecule has 146 valence electrons. The Bertz CT molecular complexity index is 848. The smallest absolute Gasteiger partial charge is 0.259 e. The highest BCUT2D eigenvalue weighted by atomic mass is 16.5. The van der Waals surface area contributed by atoms with Crippen LogP contribution in [-0.4, -0.2) is 59.0 Å². The Hall–Kier alpha value is -2.40. The summed E-state index contributed by atoms with van der Waals surface area (Å²) in [5.41, 5.74) is 1.94. The maximum absolute atomic E-state index is 13.6. The fourth-order valence-corrected chi connectivity index (χ4v) is 5.61. The van der Waals surface area contributed by atoms with Crippen LogP contribution in [-0.2, 0) is 0 Å². The number of aromatic nitrogens is 1. The van der Waals surface area contributed by atoms with Gasteiger partial charge in [-0.3, -0.25) is 9.69 Å². The molecule has 1 amide bonds. The topological polar surface area (TPSA) is 45.7 Å². The van der Waals surface area contributed by atoms with Crippen LogP contribution in [0.25, 0.3) is 0 Å². The summed E-state index contributed by atoms with van der Waals surface area (Å²) in [6.45, 7) is 5.52. The molecule has 4 fully saturated rings. The monoisotopic (exact) mass is 377 g/mol. The number of rotatable bonds is 4. The first-order valence-electron chi connectivity index (χ1n) is 10.5. The molecule has 0 saturated carbocycles. The lowest BCUT2D eigenvalue weighted by Crippen LogP contribution is -2.60. The zero-order valence-electron chi connectivity index (χ0n) is 16.3. The predicted octanol–water partition coefficient (Wildman–Crippen LogP) is 3.18. The van der Waals surface area contributed by atoms with Gasteiger partial charge in [0.2, 0.25) is 5.88 Å². The van der Waals surface area contributed by atoms with E-state index in [-0.39, 0.29) is 11.9 Å². The Balaban J connectivity index is 1.52. The minimum atomic E-state index is 0.0683. The first kappa shape index (κ1) is 17.7. The number of benzene rings is 1. The number of fused-ring (bicyclic) bond motifs is 2. The quantitative estimate of drug-likeness (QED) is 0.821. The molecule has 1 aromatic carbocycles. The summed E-state index contributed by atoms with van der Waals surface area (Å²) < 4.78 is 5.66. The molecule has 5 heterocycles. The van der Waals surface area contributed by atoms with E-state index in [9.17, 15) is 4.79 Å². The van der Waals surface area contributed by atoms with E-state index < -0.39 is 0 Å². The fourth-order valence-electron chi connectivity index (χ4n) is 5.61. The Morgan fingerprint density at radius 1 is 1.11 bits per heavy atom. The lowest BCUT2D eigenvalue weighted by Gasteiger charge is -2.51. The summed E-state index contributed by atoms with van der Waals surface area (Å²) in [6.07, 6.45) is 4.07. The third-order valence-electron chi connectivity index (χ3n) is 6.77. The van der Waals surface area contributed by atoms with Crippen LogP contribution in [0.15, 0.2) is 48.7 Å². The first-order chi connectivity index (χ1) is 13.8. The Kier molecular flexibility index (Phi) is 4.55. The van der Waals surface area contributed by atoms with Crippen LogP contribution in [0, 0.1) is 5.92 Å². The molecule has 0 unspecified atom stereocenters. The Labute approximate surface area is 166 Å². The number of amides is 1. The van der Waals surface area contributed by atoms with Gasteiger partial charge in [0.25, 0.3) is 5.91 Å². The van der Waals surface area contributed by atoms with E-state index in [0.29, 0.717) is 35.9 Å². The number of piperidine rings is 3. The molecule has 4 saturated heterocycles. The number of hydrogen-bond acceptors (Lipinski definition) is 4. The van der Waals surface area contributed by atoms with E-state index >= 15 is 0 Å². The van der Waals surface area contributed by atoms with E-state index in [2.05, 4.69) is 45.1 Å². The van der Waals surface area contributed by atoms with Crippen LogP contribution in [0.1, 0.15) is 41.6 Å². The molecular weight excluding hydrogens is 350 g/mol. The normalized spacial score (nSPS) is 30.9. The molecule has 0 radical (unpaired) electrons. The van der Waals surface area contributed by atoms with Crippen LogP contribution >= 0.6 is 0 Å². The average Bonchev–Trinajstić information content (AvgIpc) is 3.18. The van der Waals surface area contributed by atoms with Gasteiger partial charge in [0.15, 0.2) is 0 Å². The molecule has 5 heteroatoms. The summed E-state index contributed by atoms with van der Waals surface area (Å²) in [5.74, 6) is 1.49. The van der Waals surface area contributed by atoms with Crippen LogP contribution in [0.3, 0.4) is 0 Å².